The fourth-order valence-corrected chi connectivity index (χ4v) is 1.35. The van der Waals surface area contributed by atoms with Gasteiger partial charge in [0, 0.05) is 5.56 Å². The number of hydrogen-bond donors (Lipinski definition) is 1. The molecule has 88 valence electrons. The zero-order valence-electron chi connectivity index (χ0n) is 9.79. The highest BCUT2D eigenvalue weighted by Gasteiger charge is 2.08. The van der Waals surface area contributed by atoms with E-state index < -0.39 is 0 Å². The van der Waals surface area contributed by atoms with Crippen LogP contribution in [0.4, 0.5) is 5.95 Å². The maximum atomic E-state index is 5.63. The third kappa shape index (κ3) is 2.90. The van der Waals surface area contributed by atoms with Crippen molar-refractivity contribution in [1.29, 1.82) is 0 Å². The second-order valence-corrected chi connectivity index (χ2v) is 3.83. The maximum absolute atomic E-state index is 5.63. The number of hydrogen-bond acceptors (Lipinski definition) is 5. The maximum Gasteiger partial charge on any atom is 0.322 e. The highest BCUT2D eigenvalue weighted by molar-refractivity contribution is 5.55. The lowest BCUT2D eigenvalue weighted by Gasteiger charge is -2.08. The summed E-state index contributed by atoms with van der Waals surface area (Å²) in [5, 5.41) is 0. The number of nitrogen functional groups attached to an aromatic ring is 1. The average Bonchev–Trinajstić information content (AvgIpc) is 2.28. The Balaban J connectivity index is 2.38. The highest BCUT2D eigenvalue weighted by Crippen LogP contribution is 2.17. The van der Waals surface area contributed by atoms with Crippen molar-refractivity contribution in [1.82, 2.24) is 15.0 Å². The summed E-state index contributed by atoms with van der Waals surface area (Å²) in [5.74, 6) is 0.684. The van der Waals surface area contributed by atoms with Crippen LogP contribution in [0.1, 0.15) is 13.8 Å². The first-order chi connectivity index (χ1) is 8.15. The van der Waals surface area contributed by atoms with Gasteiger partial charge in [-0.3, -0.25) is 0 Å². The predicted molar refractivity (Wildman–Crippen MR) is 65.4 cm³/mol. The molecule has 0 aliphatic heterocycles. The van der Waals surface area contributed by atoms with Crippen LogP contribution in [0, 0.1) is 0 Å². The molecule has 0 saturated carbocycles. The Kier molecular flexibility index (Phi) is 3.18. The van der Waals surface area contributed by atoms with Crippen LogP contribution in [0.25, 0.3) is 11.4 Å². The first-order valence-electron chi connectivity index (χ1n) is 5.39. The average molecular weight is 230 g/mol. The van der Waals surface area contributed by atoms with Crippen LogP contribution >= 0.6 is 0 Å². The zero-order valence-corrected chi connectivity index (χ0v) is 9.79. The molecular weight excluding hydrogens is 216 g/mol. The minimum absolute atomic E-state index is 0.000392. The van der Waals surface area contributed by atoms with Gasteiger partial charge in [-0.2, -0.15) is 15.0 Å². The lowest BCUT2D eigenvalue weighted by molar-refractivity contribution is 0.222. The highest BCUT2D eigenvalue weighted by atomic mass is 16.5. The number of benzene rings is 1. The van der Waals surface area contributed by atoms with Gasteiger partial charge in [0.2, 0.25) is 5.95 Å². The van der Waals surface area contributed by atoms with Gasteiger partial charge in [0.05, 0.1) is 6.10 Å². The molecule has 0 atom stereocenters. The van der Waals surface area contributed by atoms with E-state index in [0.717, 1.165) is 5.56 Å². The van der Waals surface area contributed by atoms with E-state index in [1.807, 2.05) is 44.2 Å². The monoisotopic (exact) mass is 230 g/mol. The van der Waals surface area contributed by atoms with E-state index in [0.29, 0.717) is 5.82 Å². The third-order valence-electron chi connectivity index (χ3n) is 2.01. The standard InChI is InChI=1S/C12H14N4O/c1-8(2)17-12-15-10(14-11(13)16-12)9-6-4-3-5-7-9/h3-8H,1-2H3,(H2,13,14,15,16). The van der Waals surface area contributed by atoms with E-state index in [4.69, 9.17) is 10.5 Å². The van der Waals surface area contributed by atoms with Crippen molar-refractivity contribution < 1.29 is 4.74 Å². The minimum Gasteiger partial charge on any atom is -0.461 e. The Hall–Kier alpha value is -2.17. The number of anilines is 1. The van der Waals surface area contributed by atoms with Crippen molar-refractivity contribution in [2.75, 3.05) is 5.73 Å². The van der Waals surface area contributed by atoms with Crippen LogP contribution in [0.3, 0.4) is 0 Å². The van der Waals surface area contributed by atoms with Crippen molar-refractivity contribution in [3.05, 3.63) is 30.3 Å². The van der Waals surface area contributed by atoms with Gasteiger partial charge in [0.25, 0.3) is 0 Å². The van der Waals surface area contributed by atoms with Crippen LogP contribution in [0.15, 0.2) is 30.3 Å². The molecule has 0 amide bonds. The van der Waals surface area contributed by atoms with Gasteiger partial charge in [-0.15, -0.1) is 0 Å². The normalized spacial score (nSPS) is 10.5. The molecule has 0 fully saturated rings. The predicted octanol–water partition coefficient (Wildman–Crippen LogP) is 1.91. The molecule has 0 spiro atoms. The van der Waals surface area contributed by atoms with Crippen molar-refractivity contribution in [2.24, 2.45) is 0 Å². The first kappa shape index (κ1) is 11.3. The van der Waals surface area contributed by atoms with Crippen molar-refractivity contribution >= 4 is 5.95 Å². The second-order valence-electron chi connectivity index (χ2n) is 3.83. The Morgan fingerprint density at radius 1 is 1.06 bits per heavy atom. The van der Waals surface area contributed by atoms with Gasteiger partial charge in [-0.05, 0) is 13.8 Å². The molecule has 5 nitrogen and oxygen atoms in total. The van der Waals surface area contributed by atoms with Crippen LogP contribution in [0.5, 0.6) is 6.01 Å². The molecule has 0 aliphatic rings. The van der Waals surface area contributed by atoms with E-state index >= 15 is 0 Å². The quantitative estimate of drug-likeness (QED) is 0.871. The Labute approximate surface area is 99.7 Å². The molecule has 0 unspecified atom stereocenters. The molecule has 17 heavy (non-hydrogen) atoms. The summed E-state index contributed by atoms with van der Waals surface area (Å²) < 4.78 is 5.41. The Morgan fingerprint density at radius 2 is 1.76 bits per heavy atom. The summed E-state index contributed by atoms with van der Waals surface area (Å²) >= 11 is 0. The van der Waals surface area contributed by atoms with Crippen LogP contribution in [0.2, 0.25) is 0 Å². The zero-order chi connectivity index (χ0) is 12.3. The lowest BCUT2D eigenvalue weighted by atomic mass is 10.2. The molecule has 2 N–H and O–H groups in total. The number of nitrogens with two attached hydrogens (primary N) is 1. The number of rotatable bonds is 3. The first-order valence-corrected chi connectivity index (χ1v) is 5.39. The van der Waals surface area contributed by atoms with Crippen LogP contribution < -0.4 is 10.5 Å². The van der Waals surface area contributed by atoms with Gasteiger partial charge in [0.15, 0.2) is 5.82 Å². The molecule has 0 aliphatic carbocycles. The molecule has 0 bridgehead atoms. The summed E-state index contributed by atoms with van der Waals surface area (Å²) in [5.41, 5.74) is 6.51. The smallest absolute Gasteiger partial charge is 0.322 e. The van der Waals surface area contributed by atoms with Crippen molar-refractivity contribution in [3.8, 4) is 17.4 Å². The molecule has 0 saturated heterocycles. The molecule has 2 aromatic rings. The largest absolute Gasteiger partial charge is 0.461 e. The van der Waals surface area contributed by atoms with Gasteiger partial charge in [0.1, 0.15) is 0 Å². The molecule has 0 radical (unpaired) electrons. The summed E-state index contributed by atoms with van der Waals surface area (Å²) in [6.07, 6.45) is 0.000392. The summed E-state index contributed by atoms with van der Waals surface area (Å²) in [6.45, 7) is 3.81. The third-order valence-corrected chi connectivity index (χ3v) is 2.01. The number of nitrogens with zero attached hydrogens (tertiary/aromatic N) is 3. The van der Waals surface area contributed by atoms with E-state index in [9.17, 15) is 0 Å². The molecule has 1 heterocycles. The lowest BCUT2D eigenvalue weighted by Crippen LogP contribution is -2.11. The van der Waals surface area contributed by atoms with Crippen molar-refractivity contribution in [3.63, 3.8) is 0 Å². The molecule has 2 rings (SSSR count). The Bertz CT molecular complexity index is 499. The SMILES string of the molecule is CC(C)Oc1nc(N)nc(-c2ccccc2)n1. The summed E-state index contributed by atoms with van der Waals surface area (Å²) in [4.78, 5) is 12.2. The molecule has 1 aromatic heterocycles. The fraction of sp³-hybridized carbons (Fsp3) is 0.250. The molecule has 1 aromatic carbocycles. The second kappa shape index (κ2) is 4.78. The number of ether oxygens (including phenoxy) is 1. The molecule has 5 heteroatoms. The Morgan fingerprint density at radius 3 is 2.41 bits per heavy atom. The summed E-state index contributed by atoms with van der Waals surface area (Å²) in [6, 6.07) is 9.84. The van der Waals surface area contributed by atoms with Gasteiger partial charge < -0.3 is 10.5 Å². The minimum atomic E-state index is 0.000392. The summed E-state index contributed by atoms with van der Waals surface area (Å²) in [7, 11) is 0. The topological polar surface area (TPSA) is 73.9 Å². The fourth-order valence-electron chi connectivity index (χ4n) is 1.35. The van der Waals surface area contributed by atoms with Crippen LogP contribution in [-0.2, 0) is 0 Å². The van der Waals surface area contributed by atoms with Gasteiger partial charge in [-0.25, -0.2) is 0 Å². The van der Waals surface area contributed by atoms with E-state index in [1.165, 1.54) is 0 Å². The van der Waals surface area contributed by atoms with Gasteiger partial charge in [-0.1, -0.05) is 30.3 Å². The number of aromatic nitrogens is 3. The van der Waals surface area contributed by atoms with Crippen molar-refractivity contribution in [2.45, 2.75) is 20.0 Å². The van der Waals surface area contributed by atoms with Gasteiger partial charge >= 0.3 is 6.01 Å². The molecular formula is C12H14N4O. The van der Waals surface area contributed by atoms with E-state index in [1.54, 1.807) is 0 Å². The van der Waals surface area contributed by atoms with Crippen LogP contribution in [-0.4, -0.2) is 21.1 Å². The van der Waals surface area contributed by atoms with E-state index in [2.05, 4.69) is 15.0 Å². The van der Waals surface area contributed by atoms with E-state index in [-0.39, 0.29) is 18.1 Å².